The van der Waals surface area contributed by atoms with E-state index in [0.717, 1.165) is 18.6 Å². The first-order chi connectivity index (χ1) is 11.1. The monoisotopic (exact) mass is 308 g/mol. The number of ether oxygens (including phenoxy) is 1. The summed E-state index contributed by atoms with van der Waals surface area (Å²) in [5.41, 5.74) is 4.18. The van der Waals surface area contributed by atoms with Gasteiger partial charge in [-0.25, -0.2) is 0 Å². The fraction of sp³-hybridized carbons (Fsp3) is 0.364. The average molecular weight is 308 g/mol. The Morgan fingerprint density at radius 1 is 0.913 bits per heavy atom. The predicted octanol–water partition coefficient (Wildman–Crippen LogP) is 6.11. The number of rotatable bonds is 7. The molecule has 23 heavy (non-hydrogen) atoms. The van der Waals surface area contributed by atoms with E-state index in [1.54, 1.807) is 7.11 Å². The van der Waals surface area contributed by atoms with Gasteiger partial charge >= 0.3 is 0 Å². The lowest BCUT2D eigenvalue weighted by Crippen LogP contribution is -1.95. The summed E-state index contributed by atoms with van der Waals surface area (Å²) in [6.07, 6.45) is 6.63. The van der Waals surface area contributed by atoms with E-state index >= 15 is 0 Å². The van der Waals surface area contributed by atoms with Crippen LogP contribution >= 0.6 is 0 Å². The third-order valence-electron chi connectivity index (χ3n) is 4.32. The molecule has 122 valence electrons. The lowest BCUT2D eigenvalue weighted by molar-refractivity contribution is 0.414. The van der Waals surface area contributed by atoms with E-state index in [9.17, 15) is 0 Å². The SMILES string of the molecule is COc1ccc(CC=CCC(C)c2cccc(C(C)C)c2)cc1. The van der Waals surface area contributed by atoms with E-state index in [0.29, 0.717) is 11.8 Å². The van der Waals surface area contributed by atoms with Crippen molar-refractivity contribution < 1.29 is 4.74 Å². The highest BCUT2D eigenvalue weighted by molar-refractivity contribution is 5.29. The summed E-state index contributed by atoms with van der Waals surface area (Å²) in [5.74, 6) is 2.06. The Labute approximate surface area is 141 Å². The molecule has 0 bridgehead atoms. The Kier molecular flexibility index (Phi) is 6.46. The second-order valence-electron chi connectivity index (χ2n) is 6.49. The van der Waals surface area contributed by atoms with E-state index < -0.39 is 0 Å². The van der Waals surface area contributed by atoms with Crippen LogP contribution < -0.4 is 4.74 Å². The average Bonchev–Trinajstić information content (AvgIpc) is 2.59. The molecule has 2 aromatic carbocycles. The molecule has 0 N–H and O–H groups in total. The Balaban J connectivity index is 1.87. The first kappa shape index (κ1) is 17.3. The van der Waals surface area contributed by atoms with Gasteiger partial charge in [0.05, 0.1) is 7.11 Å². The molecule has 0 aromatic heterocycles. The van der Waals surface area contributed by atoms with Crippen LogP contribution in [0.5, 0.6) is 5.75 Å². The quantitative estimate of drug-likeness (QED) is 0.561. The molecule has 0 radical (unpaired) electrons. The molecule has 0 saturated carbocycles. The molecule has 2 aromatic rings. The molecular formula is C22H28O. The number of hydrogen-bond donors (Lipinski definition) is 0. The van der Waals surface area contributed by atoms with Gasteiger partial charge < -0.3 is 4.74 Å². The van der Waals surface area contributed by atoms with E-state index in [2.05, 4.69) is 69.3 Å². The normalized spacial score (nSPS) is 12.7. The summed E-state index contributed by atoms with van der Waals surface area (Å²) in [7, 11) is 1.70. The smallest absolute Gasteiger partial charge is 0.118 e. The number of hydrogen-bond acceptors (Lipinski definition) is 1. The highest BCUT2D eigenvalue weighted by Crippen LogP contribution is 2.23. The van der Waals surface area contributed by atoms with Crippen molar-refractivity contribution in [1.29, 1.82) is 0 Å². The topological polar surface area (TPSA) is 9.23 Å². The summed E-state index contributed by atoms with van der Waals surface area (Å²) >= 11 is 0. The van der Waals surface area contributed by atoms with Crippen molar-refractivity contribution in [3.63, 3.8) is 0 Å². The van der Waals surface area contributed by atoms with Crippen LogP contribution in [0.15, 0.2) is 60.7 Å². The van der Waals surface area contributed by atoms with Crippen LogP contribution in [0.25, 0.3) is 0 Å². The van der Waals surface area contributed by atoms with Gasteiger partial charge in [0, 0.05) is 0 Å². The summed E-state index contributed by atoms with van der Waals surface area (Å²) < 4.78 is 5.18. The molecule has 0 aliphatic carbocycles. The molecular weight excluding hydrogens is 280 g/mol. The number of methoxy groups -OCH3 is 1. The van der Waals surface area contributed by atoms with Crippen LogP contribution in [0.4, 0.5) is 0 Å². The van der Waals surface area contributed by atoms with Crippen LogP contribution in [0.1, 0.15) is 55.7 Å². The van der Waals surface area contributed by atoms with Crippen molar-refractivity contribution in [2.75, 3.05) is 7.11 Å². The van der Waals surface area contributed by atoms with Crippen LogP contribution in [-0.2, 0) is 6.42 Å². The van der Waals surface area contributed by atoms with Gasteiger partial charge in [-0.3, -0.25) is 0 Å². The summed E-state index contributed by atoms with van der Waals surface area (Å²) in [4.78, 5) is 0. The number of benzene rings is 2. The first-order valence-corrected chi connectivity index (χ1v) is 8.48. The maximum absolute atomic E-state index is 5.18. The lowest BCUT2D eigenvalue weighted by Gasteiger charge is -2.13. The predicted molar refractivity (Wildman–Crippen MR) is 99.4 cm³/mol. The van der Waals surface area contributed by atoms with Crippen molar-refractivity contribution in [2.24, 2.45) is 0 Å². The highest BCUT2D eigenvalue weighted by atomic mass is 16.5. The van der Waals surface area contributed by atoms with Crippen LogP contribution in [0.3, 0.4) is 0 Å². The molecule has 0 fully saturated rings. The first-order valence-electron chi connectivity index (χ1n) is 8.48. The van der Waals surface area contributed by atoms with Crippen molar-refractivity contribution in [2.45, 2.75) is 45.4 Å². The van der Waals surface area contributed by atoms with Crippen molar-refractivity contribution >= 4 is 0 Å². The summed E-state index contributed by atoms with van der Waals surface area (Å²) in [5, 5.41) is 0. The van der Waals surface area contributed by atoms with Gasteiger partial charge in [-0.15, -0.1) is 0 Å². The maximum atomic E-state index is 5.18. The van der Waals surface area contributed by atoms with Gasteiger partial charge in [0.2, 0.25) is 0 Å². The molecule has 1 atom stereocenters. The van der Waals surface area contributed by atoms with Gasteiger partial charge in [-0.1, -0.05) is 69.3 Å². The molecule has 1 unspecified atom stereocenters. The van der Waals surface area contributed by atoms with Crippen molar-refractivity contribution in [1.82, 2.24) is 0 Å². The Morgan fingerprint density at radius 3 is 2.26 bits per heavy atom. The van der Waals surface area contributed by atoms with E-state index in [1.165, 1.54) is 16.7 Å². The molecule has 0 saturated heterocycles. The van der Waals surface area contributed by atoms with Crippen molar-refractivity contribution in [3.05, 3.63) is 77.4 Å². The molecule has 2 rings (SSSR count). The van der Waals surface area contributed by atoms with E-state index in [-0.39, 0.29) is 0 Å². The fourth-order valence-corrected chi connectivity index (χ4v) is 2.64. The minimum absolute atomic E-state index is 0.556. The molecule has 1 nitrogen and oxygen atoms in total. The standard InChI is InChI=1S/C22H28O/c1-17(2)20-10-7-11-21(16-20)18(3)8-5-6-9-19-12-14-22(23-4)15-13-19/h5-7,10-18H,8-9H2,1-4H3. The summed E-state index contributed by atoms with van der Waals surface area (Å²) in [6.45, 7) is 6.80. The molecule has 0 amide bonds. The summed E-state index contributed by atoms with van der Waals surface area (Å²) in [6, 6.07) is 17.3. The minimum Gasteiger partial charge on any atom is -0.497 e. The molecule has 0 aliphatic heterocycles. The van der Waals surface area contributed by atoms with Gasteiger partial charge in [-0.05, 0) is 53.5 Å². The Morgan fingerprint density at radius 2 is 1.61 bits per heavy atom. The largest absolute Gasteiger partial charge is 0.497 e. The van der Waals surface area contributed by atoms with Gasteiger partial charge in [0.25, 0.3) is 0 Å². The third kappa shape index (κ3) is 5.28. The third-order valence-corrected chi connectivity index (χ3v) is 4.32. The van der Waals surface area contributed by atoms with Crippen molar-refractivity contribution in [3.8, 4) is 5.75 Å². The molecule has 0 spiro atoms. The van der Waals surface area contributed by atoms with E-state index in [4.69, 9.17) is 4.74 Å². The molecule has 0 aliphatic rings. The Bertz CT molecular complexity index is 623. The highest BCUT2D eigenvalue weighted by Gasteiger charge is 2.06. The molecule has 1 heteroatoms. The second-order valence-corrected chi connectivity index (χ2v) is 6.49. The van der Waals surface area contributed by atoms with Gasteiger partial charge in [0.15, 0.2) is 0 Å². The number of allylic oxidation sites excluding steroid dienone is 2. The van der Waals surface area contributed by atoms with Crippen LogP contribution in [-0.4, -0.2) is 7.11 Å². The zero-order valence-electron chi connectivity index (χ0n) is 14.8. The minimum atomic E-state index is 0.556. The second kappa shape index (κ2) is 8.57. The zero-order chi connectivity index (χ0) is 16.7. The van der Waals surface area contributed by atoms with Crippen LogP contribution in [0, 0.1) is 0 Å². The van der Waals surface area contributed by atoms with Crippen LogP contribution in [0.2, 0.25) is 0 Å². The van der Waals surface area contributed by atoms with Gasteiger partial charge in [-0.2, -0.15) is 0 Å². The maximum Gasteiger partial charge on any atom is 0.118 e. The van der Waals surface area contributed by atoms with Gasteiger partial charge in [0.1, 0.15) is 5.75 Å². The lowest BCUT2D eigenvalue weighted by atomic mass is 9.93. The zero-order valence-corrected chi connectivity index (χ0v) is 14.8. The molecule has 0 heterocycles. The Hall–Kier alpha value is -2.02. The van der Waals surface area contributed by atoms with E-state index in [1.807, 2.05) is 12.1 Å². The fourth-order valence-electron chi connectivity index (χ4n) is 2.64.